The summed E-state index contributed by atoms with van der Waals surface area (Å²) in [4.78, 5) is 10.9. The quantitative estimate of drug-likeness (QED) is 0.456. The summed E-state index contributed by atoms with van der Waals surface area (Å²) in [5.41, 5.74) is 6.06. The first-order valence-corrected chi connectivity index (χ1v) is 3.76. The Kier molecular flexibility index (Phi) is 5.32. The summed E-state index contributed by atoms with van der Waals surface area (Å²) < 4.78 is 4.77. The van der Waals surface area contributed by atoms with Gasteiger partial charge in [0.05, 0.1) is 6.61 Å². The zero-order valence-corrected chi connectivity index (χ0v) is 7.41. The molecule has 3 N–H and O–H groups in total. The monoisotopic (exact) mass is 173 g/mol. The number of nitrogens with two attached hydrogens (primary N) is 1. The van der Waals surface area contributed by atoms with Crippen LogP contribution in [0.25, 0.3) is 0 Å². The lowest BCUT2D eigenvalue weighted by Gasteiger charge is -2.11. The van der Waals surface area contributed by atoms with E-state index in [0.29, 0.717) is 0 Å². The van der Waals surface area contributed by atoms with Crippen LogP contribution in [0.3, 0.4) is 0 Å². The SMILES string of the molecule is CC(C)=CC(=O)OC(CN)CO. The maximum absolute atomic E-state index is 10.9. The highest BCUT2D eigenvalue weighted by atomic mass is 16.5. The first-order chi connectivity index (χ1) is 5.60. The van der Waals surface area contributed by atoms with Crippen molar-refractivity contribution in [3.8, 4) is 0 Å². The molecule has 0 aliphatic rings. The fraction of sp³-hybridized carbons (Fsp3) is 0.625. The highest BCUT2D eigenvalue weighted by Gasteiger charge is 2.08. The van der Waals surface area contributed by atoms with Gasteiger partial charge in [-0.05, 0) is 13.8 Å². The van der Waals surface area contributed by atoms with Crippen LogP contribution >= 0.6 is 0 Å². The van der Waals surface area contributed by atoms with Gasteiger partial charge in [-0.2, -0.15) is 0 Å². The number of esters is 1. The van der Waals surface area contributed by atoms with Crippen LogP contribution in [0.15, 0.2) is 11.6 Å². The minimum Gasteiger partial charge on any atom is -0.455 e. The molecule has 0 radical (unpaired) electrons. The summed E-state index contributed by atoms with van der Waals surface area (Å²) in [7, 11) is 0. The predicted octanol–water partition coefficient (Wildman–Crippen LogP) is -0.185. The summed E-state index contributed by atoms with van der Waals surface area (Å²) >= 11 is 0. The largest absolute Gasteiger partial charge is 0.455 e. The van der Waals surface area contributed by atoms with E-state index in [1.807, 2.05) is 0 Å². The van der Waals surface area contributed by atoms with E-state index in [9.17, 15) is 4.79 Å². The Morgan fingerprint density at radius 3 is 2.58 bits per heavy atom. The fourth-order valence-electron chi connectivity index (χ4n) is 0.594. The Balaban J connectivity index is 3.90. The molecule has 0 bridgehead atoms. The molecule has 4 nitrogen and oxygen atoms in total. The minimum absolute atomic E-state index is 0.138. The molecule has 0 rings (SSSR count). The molecule has 0 saturated heterocycles. The molecular weight excluding hydrogens is 158 g/mol. The van der Waals surface area contributed by atoms with Gasteiger partial charge in [0.15, 0.2) is 0 Å². The minimum atomic E-state index is -0.590. The molecule has 0 saturated carbocycles. The van der Waals surface area contributed by atoms with Crippen LogP contribution in [0.4, 0.5) is 0 Å². The van der Waals surface area contributed by atoms with Crippen molar-refractivity contribution in [3.63, 3.8) is 0 Å². The molecule has 0 heterocycles. The molecule has 1 atom stereocenters. The molecule has 0 aliphatic carbocycles. The second kappa shape index (κ2) is 5.74. The van der Waals surface area contributed by atoms with E-state index in [-0.39, 0.29) is 13.2 Å². The predicted molar refractivity (Wildman–Crippen MR) is 45.5 cm³/mol. The Hall–Kier alpha value is -0.870. The zero-order chi connectivity index (χ0) is 9.56. The van der Waals surface area contributed by atoms with Gasteiger partial charge in [0.25, 0.3) is 0 Å². The van der Waals surface area contributed by atoms with Crippen molar-refractivity contribution < 1.29 is 14.6 Å². The molecule has 0 fully saturated rings. The van der Waals surface area contributed by atoms with E-state index < -0.39 is 12.1 Å². The van der Waals surface area contributed by atoms with Crippen LogP contribution in [-0.4, -0.2) is 30.3 Å². The van der Waals surface area contributed by atoms with Crippen molar-refractivity contribution in [2.45, 2.75) is 20.0 Å². The molecule has 0 amide bonds. The van der Waals surface area contributed by atoms with Gasteiger partial charge in [0, 0.05) is 12.6 Å². The highest BCUT2D eigenvalue weighted by Crippen LogP contribution is 1.94. The fourth-order valence-corrected chi connectivity index (χ4v) is 0.594. The van der Waals surface area contributed by atoms with Crippen LogP contribution in [0.1, 0.15) is 13.8 Å². The number of hydrogen-bond acceptors (Lipinski definition) is 4. The topological polar surface area (TPSA) is 72.5 Å². The van der Waals surface area contributed by atoms with Crippen LogP contribution < -0.4 is 5.73 Å². The van der Waals surface area contributed by atoms with Crippen molar-refractivity contribution >= 4 is 5.97 Å². The van der Waals surface area contributed by atoms with Gasteiger partial charge in [-0.3, -0.25) is 0 Å². The lowest BCUT2D eigenvalue weighted by atomic mass is 10.3. The van der Waals surface area contributed by atoms with E-state index in [0.717, 1.165) is 5.57 Å². The van der Waals surface area contributed by atoms with Crippen LogP contribution in [0.2, 0.25) is 0 Å². The molecule has 0 spiro atoms. The second-order valence-electron chi connectivity index (χ2n) is 2.70. The van der Waals surface area contributed by atoms with Gasteiger partial charge in [-0.25, -0.2) is 4.79 Å². The van der Waals surface area contributed by atoms with E-state index >= 15 is 0 Å². The number of ether oxygens (including phenoxy) is 1. The lowest BCUT2D eigenvalue weighted by molar-refractivity contribution is -0.144. The van der Waals surface area contributed by atoms with Crippen molar-refractivity contribution in [1.29, 1.82) is 0 Å². The Labute approximate surface area is 72.0 Å². The number of carbonyl (C=O) groups excluding carboxylic acids is 1. The van der Waals surface area contributed by atoms with Crippen molar-refractivity contribution in [2.75, 3.05) is 13.2 Å². The van der Waals surface area contributed by atoms with Gasteiger partial charge in [0.2, 0.25) is 0 Å². The number of allylic oxidation sites excluding steroid dienone is 1. The van der Waals surface area contributed by atoms with Crippen molar-refractivity contribution in [3.05, 3.63) is 11.6 Å². The van der Waals surface area contributed by atoms with Crippen LogP contribution in [-0.2, 0) is 9.53 Å². The molecule has 4 heteroatoms. The third-order valence-corrected chi connectivity index (χ3v) is 1.16. The van der Waals surface area contributed by atoms with Crippen LogP contribution in [0.5, 0.6) is 0 Å². The van der Waals surface area contributed by atoms with Gasteiger partial charge < -0.3 is 15.6 Å². The summed E-state index contributed by atoms with van der Waals surface area (Å²) in [6, 6.07) is 0. The van der Waals surface area contributed by atoms with E-state index in [4.69, 9.17) is 15.6 Å². The van der Waals surface area contributed by atoms with Gasteiger partial charge in [0.1, 0.15) is 6.10 Å². The Morgan fingerprint density at radius 1 is 1.67 bits per heavy atom. The van der Waals surface area contributed by atoms with Crippen LogP contribution in [0, 0.1) is 0 Å². The third kappa shape index (κ3) is 4.87. The van der Waals surface area contributed by atoms with E-state index in [2.05, 4.69) is 0 Å². The molecule has 70 valence electrons. The first kappa shape index (κ1) is 11.1. The van der Waals surface area contributed by atoms with E-state index in [1.165, 1.54) is 6.08 Å². The average Bonchev–Trinajstić information content (AvgIpc) is 1.98. The summed E-state index contributed by atoms with van der Waals surface area (Å²) in [5, 5.41) is 8.63. The lowest BCUT2D eigenvalue weighted by Crippen LogP contribution is -2.29. The molecule has 0 aliphatic heterocycles. The van der Waals surface area contributed by atoms with Crippen molar-refractivity contribution in [1.82, 2.24) is 0 Å². The second-order valence-corrected chi connectivity index (χ2v) is 2.70. The number of hydrogen-bond donors (Lipinski definition) is 2. The Morgan fingerprint density at radius 2 is 2.25 bits per heavy atom. The summed E-state index contributed by atoms with van der Waals surface area (Å²) in [6.45, 7) is 3.48. The third-order valence-electron chi connectivity index (χ3n) is 1.16. The molecule has 0 aromatic carbocycles. The number of aliphatic hydroxyl groups is 1. The molecule has 0 aromatic rings. The normalized spacial score (nSPS) is 12.0. The highest BCUT2D eigenvalue weighted by molar-refractivity contribution is 5.82. The number of rotatable bonds is 4. The first-order valence-electron chi connectivity index (χ1n) is 3.76. The Bertz CT molecular complexity index is 169. The van der Waals surface area contributed by atoms with Gasteiger partial charge in [-0.1, -0.05) is 5.57 Å². The number of aliphatic hydroxyl groups excluding tert-OH is 1. The summed E-state index contributed by atoms with van der Waals surface area (Å²) in [5.74, 6) is -0.459. The standard InChI is InChI=1S/C8H15NO3/c1-6(2)3-8(11)12-7(4-9)5-10/h3,7,10H,4-5,9H2,1-2H3. The maximum Gasteiger partial charge on any atom is 0.331 e. The maximum atomic E-state index is 10.9. The smallest absolute Gasteiger partial charge is 0.331 e. The summed E-state index contributed by atoms with van der Waals surface area (Å²) in [6.07, 6.45) is 0.770. The van der Waals surface area contributed by atoms with Gasteiger partial charge >= 0.3 is 5.97 Å². The van der Waals surface area contributed by atoms with Crippen molar-refractivity contribution in [2.24, 2.45) is 5.73 Å². The van der Waals surface area contributed by atoms with Gasteiger partial charge in [-0.15, -0.1) is 0 Å². The molecule has 12 heavy (non-hydrogen) atoms. The number of carbonyl (C=O) groups is 1. The van der Waals surface area contributed by atoms with E-state index in [1.54, 1.807) is 13.8 Å². The molecule has 1 unspecified atom stereocenters. The molecule has 0 aromatic heterocycles. The average molecular weight is 173 g/mol. The molecular formula is C8H15NO3. The zero-order valence-electron chi connectivity index (χ0n) is 7.41.